The van der Waals surface area contributed by atoms with Crippen molar-refractivity contribution in [1.82, 2.24) is 9.80 Å². The van der Waals surface area contributed by atoms with E-state index in [-0.39, 0.29) is 11.7 Å². The van der Waals surface area contributed by atoms with Crippen LogP contribution in [0.15, 0.2) is 29.6 Å². The Kier molecular flexibility index (Phi) is 7.01. The van der Waals surface area contributed by atoms with E-state index >= 15 is 0 Å². The first kappa shape index (κ1) is 20.7. The van der Waals surface area contributed by atoms with E-state index in [4.69, 9.17) is 17.3 Å². The maximum absolute atomic E-state index is 13.9. The van der Waals surface area contributed by atoms with E-state index in [1.165, 1.54) is 17.4 Å². The first-order valence-corrected chi connectivity index (χ1v) is 10.2. The van der Waals surface area contributed by atoms with Gasteiger partial charge in [0.05, 0.1) is 5.56 Å². The van der Waals surface area contributed by atoms with Crippen LogP contribution in [0.5, 0.6) is 0 Å². The average Bonchev–Trinajstić information content (AvgIpc) is 3.12. The normalized spacial score (nSPS) is 15.5. The van der Waals surface area contributed by atoms with Crippen molar-refractivity contribution in [2.24, 2.45) is 5.73 Å². The van der Waals surface area contributed by atoms with Gasteiger partial charge in [-0.25, -0.2) is 4.39 Å². The SMILES string of the molecule is NC(=O)c1ccsc1NC(=O)CCN1CCN(Cc2c(F)cccc2Cl)CC1. The summed E-state index contributed by atoms with van der Waals surface area (Å²) >= 11 is 7.38. The molecule has 1 aliphatic heterocycles. The van der Waals surface area contributed by atoms with Crippen LogP contribution in [0.1, 0.15) is 22.3 Å². The van der Waals surface area contributed by atoms with Crippen LogP contribution in [-0.4, -0.2) is 54.3 Å². The van der Waals surface area contributed by atoms with Gasteiger partial charge < -0.3 is 16.0 Å². The molecule has 0 saturated carbocycles. The summed E-state index contributed by atoms with van der Waals surface area (Å²) in [5.74, 6) is -0.983. The number of rotatable bonds is 7. The van der Waals surface area contributed by atoms with E-state index in [1.54, 1.807) is 23.6 Å². The van der Waals surface area contributed by atoms with Gasteiger partial charge in [-0.05, 0) is 23.6 Å². The van der Waals surface area contributed by atoms with E-state index < -0.39 is 5.91 Å². The summed E-state index contributed by atoms with van der Waals surface area (Å²) in [5.41, 5.74) is 6.14. The quantitative estimate of drug-likeness (QED) is 0.716. The molecule has 3 N–H and O–H groups in total. The second-order valence-corrected chi connectivity index (χ2v) is 7.97. The first-order valence-electron chi connectivity index (χ1n) is 8.99. The van der Waals surface area contributed by atoms with Crippen LogP contribution in [0.3, 0.4) is 0 Å². The number of halogens is 2. The summed E-state index contributed by atoms with van der Waals surface area (Å²) in [6.45, 7) is 4.26. The van der Waals surface area contributed by atoms with Crippen molar-refractivity contribution in [1.29, 1.82) is 0 Å². The Labute approximate surface area is 172 Å². The van der Waals surface area contributed by atoms with E-state index in [1.807, 2.05) is 0 Å². The Morgan fingerprint density at radius 1 is 1.18 bits per heavy atom. The van der Waals surface area contributed by atoms with E-state index in [2.05, 4.69) is 15.1 Å². The van der Waals surface area contributed by atoms with E-state index in [9.17, 15) is 14.0 Å². The third-order valence-corrected chi connectivity index (χ3v) is 5.93. The van der Waals surface area contributed by atoms with Gasteiger partial charge in [0.15, 0.2) is 0 Å². The van der Waals surface area contributed by atoms with Gasteiger partial charge in [-0.3, -0.25) is 14.5 Å². The molecule has 3 rings (SSSR count). The highest BCUT2D eigenvalue weighted by Gasteiger charge is 2.20. The Morgan fingerprint density at radius 3 is 2.57 bits per heavy atom. The number of anilines is 1. The zero-order valence-electron chi connectivity index (χ0n) is 15.3. The van der Waals surface area contributed by atoms with Crippen LogP contribution in [0.25, 0.3) is 0 Å². The number of amides is 2. The van der Waals surface area contributed by atoms with Crippen molar-refractivity contribution in [2.45, 2.75) is 13.0 Å². The maximum Gasteiger partial charge on any atom is 0.251 e. The number of primary amides is 1. The summed E-state index contributed by atoms with van der Waals surface area (Å²) < 4.78 is 13.9. The molecule has 1 aromatic heterocycles. The van der Waals surface area contributed by atoms with Gasteiger partial charge in [-0.1, -0.05) is 17.7 Å². The Bertz CT molecular complexity index is 832. The number of nitrogens with two attached hydrogens (primary N) is 1. The molecule has 2 aromatic rings. The van der Waals surface area contributed by atoms with E-state index in [0.717, 1.165) is 26.2 Å². The van der Waals surface area contributed by atoms with Crippen molar-refractivity contribution in [3.05, 3.63) is 51.6 Å². The Morgan fingerprint density at radius 2 is 1.89 bits per heavy atom. The van der Waals surface area contributed by atoms with Gasteiger partial charge in [0.2, 0.25) is 5.91 Å². The average molecular weight is 425 g/mol. The third-order valence-electron chi connectivity index (χ3n) is 4.75. The van der Waals surface area contributed by atoms with Crippen molar-refractivity contribution < 1.29 is 14.0 Å². The van der Waals surface area contributed by atoms with Crippen molar-refractivity contribution in [3.63, 3.8) is 0 Å². The molecule has 0 radical (unpaired) electrons. The molecule has 1 saturated heterocycles. The van der Waals surface area contributed by atoms with Crippen LogP contribution < -0.4 is 11.1 Å². The molecule has 0 aliphatic carbocycles. The van der Waals surface area contributed by atoms with Crippen molar-refractivity contribution >= 4 is 39.8 Å². The van der Waals surface area contributed by atoms with Gasteiger partial charge in [0.25, 0.3) is 5.91 Å². The number of carbonyl (C=O) groups excluding carboxylic acids is 2. The highest BCUT2D eigenvalue weighted by atomic mass is 35.5. The molecule has 28 heavy (non-hydrogen) atoms. The predicted molar refractivity (Wildman–Crippen MR) is 109 cm³/mol. The van der Waals surface area contributed by atoms with Crippen LogP contribution in [0, 0.1) is 5.82 Å². The van der Waals surface area contributed by atoms with Crippen LogP contribution in [0.2, 0.25) is 5.02 Å². The molecule has 0 spiro atoms. The molecule has 0 unspecified atom stereocenters. The minimum Gasteiger partial charge on any atom is -0.366 e. The number of hydrogen-bond donors (Lipinski definition) is 2. The Balaban J connectivity index is 1.42. The Hall–Kier alpha value is -2.00. The lowest BCUT2D eigenvalue weighted by atomic mass is 10.1. The monoisotopic (exact) mass is 424 g/mol. The summed E-state index contributed by atoms with van der Waals surface area (Å²) in [5, 5.41) is 5.41. The number of piperazine rings is 1. The van der Waals surface area contributed by atoms with Crippen molar-refractivity contribution in [2.75, 3.05) is 38.0 Å². The second-order valence-electron chi connectivity index (χ2n) is 6.64. The summed E-state index contributed by atoms with van der Waals surface area (Å²) in [6.07, 6.45) is 0.329. The van der Waals surface area contributed by atoms with Gasteiger partial charge in [-0.2, -0.15) is 0 Å². The molecule has 0 bridgehead atoms. The summed E-state index contributed by atoms with van der Waals surface area (Å²) in [7, 11) is 0. The lowest BCUT2D eigenvalue weighted by Gasteiger charge is -2.34. The highest BCUT2D eigenvalue weighted by molar-refractivity contribution is 7.14. The van der Waals surface area contributed by atoms with Crippen LogP contribution >= 0.6 is 22.9 Å². The molecule has 6 nitrogen and oxygen atoms in total. The molecule has 1 fully saturated rings. The third kappa shape index (κ3) is 5.29. The zero-order chi connectivity index (χ0) is 20.1. The fourth-order valence-corrected chi connectivity index (χ4v) is 4.16. The smallest absolute Gasteiger partial charge is 0.251 e. The summed E-state index contributed by atoms with van der Waals surface area (Å²) in [6, 6.07) is 6.33. The number of nitrogens with zero attached hydrogens (tertiary/aromatic N) is 2. The molecule has 2 amide bonds. The molecule has 9 heteroatoms. The number of carbonyl (C=O) groups is 2. The number of thiophene rings is 1. The molecular formula is C19H22ClFN4O2S. The molecule has 1 aromatic carbocycles. The van der Waals surface area contributed by atoms with Gasteiger partial charge >= 0.3 is 0 Å². The fraction of sp³-hybridized carbons (Fsp3) is 0.368. The van der Waals surface area contributed by atoms with Crippen LogP contribution in [0.4, 0.5) is 9.39 Å². The molecule has 1 aliphatic rings. The fourth-order valence-electron chi connectivity index (χ4n) is 3.13. The van der Waals surface area contributed by atoms with Gasteiger partial charge in [0.1, 0.15) is 10.8 Å². The minimum absolute atomic E-state index is 0.148. The highest BCUT2D eigenvalue weighted by Crippen LogP contribution is 2.23. The number of benzene rings is 1. The molecule has 0 atom stereocenters. The minimum atomic E-state index is -0.553. The van der Waals surface area contributed by atoms with Gasteiger partial charge in [0, 0.05) is 56.3 Å². The van der Waals surface area contributed by atoms with Gasteiger partial charge in [-0.15, -0.1) is 11.3 Å². The predicted octanol–water partition coefficient (Wildman–Crippen LogP) is 2.79. The summed E-state index contributed by atoms with van der Waals surface area (Å²) in [4.78, 5) is 27.8. The number of nitrogens with one attached hydrogen (secondary N) is 1. The maximum atomic E-state index is 13.9. The molecule has 2 heterocycles. The largest absolute Gasteiger partial charge is 0.366 e. The molecular weight excluding hydrogens is 403 g/mol. The van der Waals surface area contributed by atoms with Crippen molar-refractivity contribution in [3.8, 4) is 0 Å². The zero-order valence-corrected chi connectivity index (χ0v) is 16.9. The van der Waals surface area contributed by atoms with Crippen LogP contribution in [-0.2, 0) is 11.3 Å². The molecule has 150 valence electrons. The topological polar surface area (TPSA) is 78.7 Å². The second kappa shape index (κ2) is 9.47. The number of hydrogen-bond acceptors (Lipinski definition) is 5. The lowest BCUT2D eigenvalue weighted by molar-refractivity contribution is -0.116. The standard InChI is InChI=1S/C19H22ClFN4O2S/c20-15-2-1-3-16(21)14(15)12-25-9-7-24(8-10-25)6-4-17(26)23-19-13(18(22)27)5-11-28-19/h1-3,5,11H,4,6-10,12H2,(H2,22,27)(H,23,26). The lowest BCUT2D eigenvalue weighted by Crippen LogP contribution is -2.46. The van der Waals surface area contributed by atoms with E-state index in [0.29, 0.717) is 40.7 Å². The first-order chi connectivity index (χ1) is 13.4.